The Morgan fingerprint density at radius 1 is 1.36 bits per heavy atom. The second-order valence-electron chi connectivity index (χ2n) is 5.76. The maximum absolute atomic E-state index is 11.7. The fourth-order valence-electron chi connectivity index (χ4n) is 2.17. The van der Waals surface area contributed by atoms with E-state index < -0.39 is 12.0 Å². The number of aromatic carboxylic acids is 1. The molecule has 0 aliphatic carbocycles. The zero-order valence-corrected chi connectivity index (χ0v) is 15.2. The highest BCUT2D eigenvalue weighted by molar-refractivity contribution is 7.11. The second-order valence-corrected chi connectivity index (χ2v) is 6.54. The molecule has 1 aromatic carbocycles. The molecule has 8 heteroatoms. The van der Waals surface area contributed by atoms with Crippen molar-refractivity contribution in [3.8, 4) is 5.88 Å². The molecule has 25 heavy (non-hydrogen) atoms. The minimum atomic E-state index is -1.18. The molecule has 0 atom stereocenters. The number of carboxylic acids is 1. The minimum Gasteiger partial charge on any atom is -0.477 e. The molecule has 0 aliphatic heterocycles. The lowest BCUT2D eigenvalue weighted by molar-refractivity contribution is 0.0693. The SMILES string of the molecule is Cc1cccc(CCCOc2nsc(NC(=O)N(C)C)c2C(=O)O)c1. The smallest absolute Gasteiger partial charge is 0.344 e. The fourth-order valence-corrected chi connectivity index (χ4v) is 2.89. The lowest BCUT2D eigenvalue weighted by Crippen LogP contribution is -2.27. The van der Waals surface area contributed by atoms with E-state index in [0.717, 1.165) is 24.4 Å². The molecule has 2 amide bonds. The highest BCUT2D eigenvalue weighted by atomic mass is 32.1. The van der Waals surface area contributed by atoms with E-state index >= 15 is 0 Å². The zero-order valence-electron chi connectivity index (χ0n) is 14.4. The summed E-state index contributed by atoms with van der Waals surface area (Å²) in [6.45, 7) is 2.39. The summed E-state index contributed by atoms with van der Waals surface area (Å²) < 4.78 is 9.54. The van der Waals surface area contributed by atoms with Gasteiger partial charge in [0.2, 0.25) is 5.88 Å². The molecular weight excluding hydrogens is 342 g/mol. The van der Waals surface area contributed by atoms with Crippen molar-refractivity contribution < 1.29 is 19.4 Å². The van der Waals surface area contributed by atoms with Crippen LogP contribution in [0.2, 0.25) is 0 Å². The molecule has 0 bridgehead atoms. The zero-order chi connectivity index (χ0) is 18.4. The molecule has 2 aromatic rings. The van der Waals surface area contributed by atoms with E-state index in [4.69, 9.17) is 4.74 Å². The van der Waals surface area contributed by atoms with Gasteiger partial charge in [-0.1, -0.05) is 29.8 Å². The molecule has 0 fully saturated rings. The first kappa shape index (κ1) is 18.7. The van der Waals surface area contributed by atoms with Gasteiger partial charge in [0, 0.05) is 14.1 Å². The minimum absolute atomic E-state index is 0.0378. The quantitative estimate of drug-likeness (QED) is 0.737. The molecule has 0 unspecified atom stereocenters. The summed E-state index contributed by atoms with van der Waals surface area (Å²) >= 11 is 0.892. The Morgan fingerprint density at radius 3 is 2.76 bits per heavy atom. The van der Waals surface area contributed by atoms with Gasteiger partial charge in [0.1, 0.15) is 5.00 Å². The summed E-state index contributed by atoms with van der Waals surface area (Å²) in [4.78, 5) is 24.5. The molecule has 134 valence electrons. The van der Waals surface area contributed by atoms with Crippen molar-refractivity contribution >= 4 is 28.5 Å². The van der Waals surface area contributed by atoms with Crippen LogP contribution in [0.3, 0.4) is 0 Å². The van der Waals surface area contributed by atoms with Crippen LogP contribution in [-0.2, 0) is 6.42 Å². The normalized spacial score (nSPS) is 10.4. The first-order valence-electron chi connectivity index (χ1n) is 7.78. The van der Waals surface area contributed by atoms with Gasteiger partial charge < -0.3 is 14.7 Å². The highest BCUT2D eigenvalue weighted by Gasteiger charge is 2.23. The van der Waals surface area contributed by atoms with E-state index in [0.29, 0.717) is 6.61 Å². The van der Waals surface area contributed by atoms with Gasteiger partial charge in [0.05, 0.1) is 6.61 Å². The van der Waals surface area contributed by atoms with Gasteiger partial charge in [-0.15, -0.1) is 0 Å². The van der Waals surface area contributed by atoms with Gasteiger partial charge in [-0.25, -0.2) is 9.59 Å². The van der Waals surface area contributed by atoms with Gasteiger partial charge in [-0.2, -0.15) is 4.37 Å². The predicted octanol–water partition coefficient (Wildman–Crippen LogP) is 3.25. The third kappa shape index (κ3) is 5.18. The van der Waals surface area contributed by atoms with Crippen molar-refractivity contribution in [2.75, 3.05) is 26.0 Å². The number of carbonyl (C=O) groups excluding carboxylic acids is 1. The first-order valence-corrected chi connectivity index (χ1v) is 8.55. The number of carbonyl (C=O) groups is 2. The Kier molecular flexibility index (Phi) is 6.35. The van der Waals surface area contributed by atoms with Crippen molar-refractivity contribution in [3.05, 3.63) is 41.0 Å². The summed E-state index contributed by atoms with van der Waals surface area (Å²) in [5, 5.41) is 12.1. The average Bonchev–Trinajstić information content (AvgIpc) is 2.94. The number of rotatable bonds is 7. The van der Waals surface area contributed by atoms with Crippen molar-refractivity contribution in [2.45, 2.75) is 19.8 Å². The molecule has 7 nitrogen and oxygen atoms in total. The number of anilines is 1. The number of hydrogen-bond donors (Lipinski definition) is 2. The van der Waals surface area contributed by atoms with E-state index in [1.54, 1.807) is 14.1 Å². The monoisotopic (exact) mass is 363 g/mol. The van der Waals surface area contributed by atoms with E-state index in [9.17, 15) is 14.7 Å². The number of aryl methyl sites for hydroxylation is 2. The van der Waals surface area contributed by atoms with E-state index in [-0.39, 0.29) is 16.4 Å². The number of urea groups is 1. The molecule has 2 rings (SSSR count). The van der Waals surface area contributed by atoms with Crippen LogP contribution in [0.1, 0.15) is 27.9 Å². The third-order valence-electron chi connectivity index (χ3n) is 3.43. The van der Waals surface area contributed by atoms with Crippen LogP contribution in [0.4, 0.5) is 9.80 Å². The van der Waals surface area contributed by atoms with E-state index in [2.05, 4.69) is 15.8 Å². The summed E-state index contributed by atoms with van der Waals surface area (Å²) in [6, 6.07) is 7.79. The Balaban J connectivity index is 1.96. The average molecular weight is 363 g/mol. The third-order valence-corrected chi connectivity index (χ3v) is 4.18. The molecule has 0 spiro atoms. The fraction of sp³-hybridized carbons (Fsp3) is 0.353. The van der Waals surface area contributed by atoms with Crippen LogP contribution in [0.25, 0.3) is 0 Å². The number of hydrogen-bond acceptors (Lipinski definition) is 5. The number of carboxylic acid groups (broad SMARTS) is 1. The maximum Gasteiger partial charge on any atom is 0.344 e. The Hall–Kier alpha value is -2.61. The first-order chi connectivity index (χ1) is 11.9. The van der Waals surface area contributed by atoms with Crippen molar-refractivity contribution in [3.63, 3.8) is 0 Å². The lowest BCUT2D eigenvalue weighted by atomic mass is 10.1. The molecule has 0 radical (unpaired) electrons. The molecule has 2 N–H and O–H groups in total. The van der Waals surface area contributed by atoms with Crippen LogP contribution >= 0.6 is 11.5 Å². The van der Waals surface area contributed by atoms with Gasteiger partial charge in [-0.05, 0) is 36.9 Å². The van der Waals surface area contributed by atoms with Crippen LogP contribution in [-0.4, -0.2) is 47.1 Å². The number of nitrogens with zero attached hydrogens (tertiary/aromatic N) is 2. The molecule has 1 aromatic heterocycles. The van der Waals surface area contributed by atoms with Gasteiger partial charge in [-0.3, -0.25) is 5.32 Å². The number of amides is 2. The summed E-state index contributed by atoms with van der Waals surface area (Å²) in [5.41, 5.74) is 2.29. The van der Waals surface area contributed by atoms with Crippen LogP contribution in [0, 0.1) is 6.92 Å². The summed E-state index contributed by atoms with van der Waals surface area (Å²) in [6.07, 6.45) is 1.57. The summed E-state index contributed by atoms with van der Waals surface area (Å²) in [5.74, 6) is -1.15. The van der Waals surface area contributed by atoms with Crippen molar-refractivity contribution in [1.82, 2.24) is 9.27 Å². The molecule has 0 aliphatic rings. The number of nitrogens with one attached hydrogen (secondary N) is 1. The number of ether oxygens (including phenoxy) is 1. The Bertz CT molecular complexity index is 758. The van der Waals surface area contributed by atoms with Crippen molar-refractivity contribution in [1.29, 1.82) is 0 Å². The molecule has 0 saturated heterocycles. The highest BCUT2D eigenvalue weighted by Crippen LogP contribution is 2.30. The molecule has 1 heterocycles. The van der Waals surface area contributed by atoms with Crippen molar-refractivity contribution in [2.24, 2.45) is 0 Å². The van der Waals surface area contributed by atoms with Gasteiger partial charge in [0.25, 0.3) is 0 Å². The topological polar surface area (TPSA) is 91.8 Å². The lowest BCUT2D eigenvalue weighted by Gasteiger charge is -2.11. The van der Waals surface area contributed by atoms with Gasteiger partial charge in [0.15, 0.2) is 5.56 Å². The maximum atomic E-state index is 11.7. The number of aromatic nitrogens is 1. The molecular formula is C17H21N3O4S. The molecule has 0 saturated carbocycles. The van der Waals surface area contributed by atoms with Gasteiger partial charge >= 0.3 is 12.0 Å². The largest absolute Gasteiger partial charge is 0.477 e. The van der Waals surface area contributed by atoms with Crippen LogP contribution in [0.15, 0.2) is 24.3 Å². The van der Waals surface area contributed by atoms with E-state index in [1.165, 1.54) is 16.0 Å². The predicted molar refractivity (Wildman–Crippen MR) is 96.8 cm³/mol. The standard InChI is InChI=1S/C17H21N3O4S/c1-11-6-4-7-12(10-11)8-5-9-24-14-13(16(21)22)15(25-19-14)18-17(23)20(2)3/h4,6-7,10H,5,8-9H2,1-3H3,(H,18,23)(H,21,22). The second kappa shape index (κ2) is 8.48. The van der Waals surface area contributed by atoms with Crippen LogP contribution in [0.5, 0.6) is 5.88 Å². The summed E-state index contributed by atoms with van der Waals surface area (Å²) in [7, 11) is 3.14. The number of benzene rings is 1. The van der Waals surface area contributed by atoms with Crippen LogP contribution < -0.4 is 10.1 Å². The van der Waals surface area contributed by atoms with E-state index in [1.807, 2.05) is 25.1 Å². The Labute approximate surface area is 150 Å². The Morgan fingerprint density at radius 2 is 2.12 bits per heavy atom.